The van der Waals surface area contributed by atoms with Gasteiger partial charge in [0, 0.05) is 26.5 Å². The third-order valence-electron chi connectivity index (χ3n) is 2.96. The lowest BCUT2D eigenvalue weighted by Crippen LogP contribution is -1.85. The van der Waals surface area contributed by atoms with Crippen molar-refractivity contribution in [3.8, 4) is 0 Å². The molecule has 90 valence electrons. The number of benzene rings is 2. The van der Waals surface area contributed by atoms with Gasteiger partial charge in [-0.2, -0.15) is 0 Å². The second-order valence-electron chi connectivity index (χ2n) is 4.00. The van der Waals surface area contributed by atoms with Gasteiger partial charge in [-0.1, -0.05) is 45.7 Å². The molecule has 0 aliphatic heterocycles. The Morgan fingerprint density at radius 2 is 1.89 bits per heavy atom. The van der Waals surface area contributed by atoms with Crippen molar-refractivity contribution < 1.29 is 0 Å². The van der Waals surface area contributed by atoms with Crippen molar-refractivity contribution in [2.45, 2.75) is 0 Å². The van der Waals surface area contributed by atoms with Crippen LogP contribution in [0.15, 0.2) is 41.4 Å². The fourth-order valence-corrected chi connectivity index (χ4v) is 3.21. The molecule has 4 heteroatoms. The van der Waals surface area contributed by atoms with Crippen molar-refractivity contribution in [1.29, 1.82) is 0 Å². The summed E-state index contributed by atoms with van der Waals surface area (Å²) in [5.41, 5.74) is 2.00. The van der Waals surface area contributed by atoms with Crippen LogP contribution in [0.5, 0.6) is 0 Å². The topological polar surface area (TPSA) is 4.93 Å². The molecule has 0 saturated heterocycles. The summed E-state index contributed by atoms with van der Waals surface area (Å²) in [5, 5.41) is 3.40. The molecule has 0 N–H and O–H groups in total. The minimum absolute atomic E-state index is 0.629. The quantitative estimate of drug-likeness (QED) is 0.514. The molecule has 0 saturated carbocycles. The molecule has 3 rings (SSSR count). The number of hydrogen-bond acceptors (Lipinski definition) is 0. The van der Waals surface area contributed by atoms with Crippen molar-refractivity contribution in [3.63, 3.8) is 0 Å². The van der Waals surface area contributed by atoms with Crippen LogP contribution in [0.4, 0.5) is 0 Å². The van der Waals surface area contributed by atoms with E-state index in [1.807, 2.05) is 22.8 Å². The SMILES string of the molecule is C=Cn1c2ccc(Br)cc2c2cc(Cl)cc(Cl)c21. The Kier molecular flexibility index (Phi) is 2.89. The predicted molar refractivity (Wildman–Crippen MR) is 83.6 cm³/mol. The fraction of sp³-hybridized carbons (Fsp3) is 0. The minimum Gasteiger partial charge on any atom is -0.315 e. The van der Waals surface area contributed by atoms with Crippen molar-refractivity contribution in [1.82, 2.24) is 4.57 Å². The van der Waals surface area contributed by atoms with Gasteiger partial charge in [-0.25, -0.2) is 0 Å². The summed E-state index contributed by atoms with van der Waals surface area (Å²) >= 11 is 15.9. The molecule has 0 unspecified atom stereocenters. The summed E-state index contributed by atoms with van der Waals surface area (Å²) in [7, 11) is 0. The molecule has 0 atom stereocenters. The summed E-state index contributed by atoms with van der Waals surface area (Å²) < 4.78 is 3.00. The molecule has 0 aliphatic carbocycles. The van der Waals surface area contributed by atoms with E-state index in [9.17, 15) is 0 Å². The van der Waals surface area contributed by atoms with E-state index < -0.39 is 0 Å². The van der Waals surface area contributed by atoms with Gasteiger partial charge in [0.1, 0.15) is 0 Å². The molecule has 0 amide bonds. The van der Waals surface area contributed by atoms with Crippen LogP contribution >= 0.6 is 39.1 Å². The van der Waals surface area contributed by atoms with Crippen LogP contribution in [0, 0.1) is 0 Å². The van der Waals surface area contributed by atoms with Gasteiger partial charge < -0.3 is 4.57 Å². The molecular weight excluding hydrogens is 333 g/mol. The number of halogens is 3. The van der Waals surface area contributed by atoms with Crippen LogP contribution in [0.1, 0.15) is 0 Å². The van der Waals surface area contributed by atoms with Crippen LogP contribution in [0.3, 0.4) is 0 Å². The molecule has 1 heterocycles. The zero-order valence-corrected chi connectivity index (χ0v) is 12.4. The molecular formula is C14H8BrCl2N. The summed E-state index contributed by atoms with van der Waals surface area (Å²) in [5.74, 6) is 0. The molecule has 3 aromatic rings. The van der Waals surface area contributed by atoms with E-state index in [-0.39, 0.29) is 0 Å². The maximum Gasteiger partial charge on any atom is 0.0722 e. The summed E-state index contributed by atoms with van der Waals surface area (Å²) in [6, 6.07) is 9.77. The molecule has 0 aliphatic rings. The van der Waals surface area contributed by atoms with Gasteiger partial charge in [-0.3, -0.25) is 0 Å². The lowest BCUT2D eigenvalue weighted by Gasteiger charge is -2.01. The van der Waals surface area contributed by atoms with Gasteiger partial charge in [-0.15, -0.1) is 0 Å². The van der Waals surface area contributed by atoms with Gasteiger partial charge in [0.25, 0.3) is 0 Å². The Labute approximate surface area is 123 Å². The third-order valence-corrected chi connectivity index (χ3v) is 3.96. The summed E-state index contributed by atoms with van der Waals surface area (Å²) in [6.07, 6.45) is 1.76. The molecule has 0 radical (unpaired) electrons. The van der Waals surface area contributed by atoms with Crippen LogP contribution in [0.25, 0.3) is 28.0 Å². The molecule has 1 nitrogen and oxygen atoms in total. The lowest BCUT2D eigenvalue weighted by atomic mass is 10.1. The monoisotopic (exact) mass is 339 g/mol. The predicted octanol–water partition coefficient (Wildman–Crippen LogP) is 5.96. The molecule has 2 aromatic carbocycles. The first-order valence-electron chi connectivity index (χ1n) is 5.32. The van der Waals surface area contributed by atoms with E-state index in [1.54, 1.807) is 12.3 Å². The first kappa shape index (κ1) is 12.1. The Hall–Kier alpha value is -0.960. The molecule has 1 aromatic heterocycles. The fourth-order valence-electron chi connectivity index (χ4n) is 2.26. The number of nitrogens with zero attached hydrogens (tertiary/aromatic N) is 1. The maximum absolute atomic E-state index is 6.29. The average Bonchev–Trinajstić information content (AvgIpc) is 2.63. The first-order valence-corrected chi connectivity index (χ1v) is 6.87. The average molecular weight is 341 g/mol. The van der Waals surface area contributed by atoms with Crippen molar-refractivity contribution >= 4 is 67.1 Å². The lowest BCUT2D eigenvalue weighted by molar-refractivity contribution is 1.30. The maximum atomic E-state index is 6.29. The van der Waals surface area contributed by atoms with Crippen LogP contribution < -0.4 is 0 Å². The Morgan fingerprint density at radius 3 is 2.61 bits per heavy atom. The second-order valence-corrected chi connectivity index (χ2v) is 5.76. The number of rotatable bonds is 1. The van der Waals surface area contributed by atoms with Gasteiger partial charge >= 0.3 is 0 Å². The van der Waals surface area contributed by atoms with Gasteiger partial charge in [0.2, 0.25) is 0 Å². The first-order chi connectivity index (χ1) is 8.61. The zero-order valence-electron chi connectivity index (χ0n) is 9.25. The largest absolute Gasteiger partial charge is 0.315 e. The zero-order chi connectivity index (χ0) is 12.9. The van der Waals surface area contributed by atoms with Crippen LogP contribution in [-0.4, -0.2) is 4.57 Å². The van der Waals surface area contributed by atoms with E-state index in [1.165, 1.54) is 0 Å². The summed E-state index contributed by atoms with van der Waals surface area (Å²) in [6.45, 7) is 3.85. The Bertz CT molecular complexity index is 789. The minimum atomic E-state index is 0.629. The van der Waals surface area contributed by atoms with E-state index in [0.717, 1.165) is 26.3 Å². The Balaban J connectivity index is 2.66. The van der Waals surface area contributed by atoms with Gasteiger partial charge in [0.15, 0.2) is 0 Å². The highest BCUT2D eigenvalue weighted by Crippen LogP contribution is 2.37. The number of aromatic nitrogens is 1. The highest BCUT2D eigenvalue weighted by atomic mass is 79.9. The van der Waals surface area contributed by atoms with E-state index in [0.29, 0.717) is 10.0 Å². The smallest absolute Gasteiger partial charge is 0.0722 e. The number of hydrogen-bond donors (Lipinski definition) is 0. The van der Waals surface area contributed by atoms with Crippen molar-refractivity contribution in [3.05, 3.63) is 51.4 Å². The highest BCUT2D eigenvalue weighted by Gasteiger charge is 2.13. The molecule has 0 bridgehead atoms. The Morgan fingerprint density at radius 1 is 1.11 bits per heavy atom. The standard InChI is InChI=1S/C14H8BrCl2N/c1-2-18-13-4-3-8(15)5-10(13)11-6-9(16)7-12(17)14(11)18/h2-7H,1H2. The molecule has 18 heavy (non-hydrogen) atoms. The normalized spacial score (nSPS) is 11.3. The van der Waals surface area contributed by atoms with E-state index >= 15 is 0 Å². The van der Waals surface area contributed by atoms with E-state index in [2.05, 4.69) is 28.6 Å². The molecule has 0 spiro atoms. The van der Waals surface area contributed by atoms with Crippen molar-refractivity contribution in [2.75, 3.05) is 0 Å². The van der Waals surface area contributed by atoms with Crippen LogP contribution in [0.2, 0.25) is 10.0 Å². The second kappa shape index (κ2) is 4.30. The molecule has 0 fully saturated rings. The number of fused-ring (bicyclic) bond motifs is 3. The third kappa shape index (κ3) is 1.68. The van der Waals surface area contributed by atoms with Crippen molar-refractivity contribution in [2.24, 2.45) is 0 Å². The van der Waals surface area contributed by atoms with Crippen LogP contribution in [-0.2, 0) is 0 Å². The highest BCUT2D eigenvalue weighted by molar-refractivity contribution is 9.10. The van der Waals surface area contributed by atoms with Gasteiger partial charge in [0.05, 0.1) is 16.1 Å². The van der Waals surface area contributed by atoms with E-state index in [4.69, 9.17) is 23.2 Å². The van der Waals surface area contributed by atoms with Gasteiger partial charge in [-0.05, 0) is 30.3 Å². The summed E-state index contributed by atoms with van der Waals surface area (Å²) in [4.78, 5) is 0.